The van der Waals surface area contributed by atoms with Gasteiger partial charge in [0.05, 0.1) is 23.1 Å². The van der Waals surface area contributed by atoms with Gasteiger partial charge in [0.15, 0.2) is 0 Å². The molecule has 0 spiro atoms. The molecule has 1 aliphatic heterocycles. The Morgan fingerprint density at radius 1 is 1.39 bits per heavy atom. The van der Waals surface area contributed by atoms with Crippen LogP contribution in [0.3, 0.4) is 0 Å². The third kappa shape index (κ3) is 4.28. The number of nitrogens with zero attached hydrogens (tertiary/aromatic N) is 1. The minimum absolute atomic E-state index is 0.00637. The number of benzene rings is 1. The fraction of sp³-hybridized carbons (Fsp3) is 0.357. The monoisotopic (exact) mass is 338 g/mol. The molecule has 1 aromatic rings. The van der Waals surface area contributed by atoms with Crippen LogP contribution in [-0.4, -0.2) is 39.6 Å². The zero-order chi connectivity index (χ0) is 16.9. The maximum absolute atomic E-state index is 11.9. The summed E-state index contributed by atoms with van der Waals surface area (Å²) in [5.41, 5.74) is 0.126. The van der Waals surface area contributed by atoms with Crippen molar-refractivity contribution in [2.24, 2.45) is 0 Å². The van der Waals surface area contributed by atoms with Crippen LogP contribution in [0.2, 0.25) is 0 Å². The van der Waals surface area contributed by atoms with E-state index in [0.717, 1.165) is 0 Å². The average Bonchev–Trinajstić information content (AvgIpc) is 2.93. The summed E-state index contributed by atoms with van der Waals surface area (Å²) in [5, 5.41) is 8.40. The van der Waals surface area contributed by atoms with Crippen LogP contribution >= 0.6 is 0 Å². The van der Waals surface area contributed by atoms with Crippen LogP contribution < -0.4 is 4.72 Å². The van der Waals surface area contributed by atoms with Crippen molar-refractivity contribution < 1.29 is 27.5 Å². The van der Waals surface area contributed by atoms with Crippen LogP contribution in [0.1, 0.15) is 23.2 Å². The molecule has 0 aliphatic carbocycles. The van der Waals surface area contributed by atoms with Gasteiger partial charge in [-0.05, 0) is 24.3 Å². The molecule has 1 aromatic carbocycles. The van der Waals surface area contributed by atoms with E-state index >= 15 is 0 Å². The lowest BCUT2D eigenvalue weighted by Gasteiger charge is -2.09. The van der Waals surface area contributed by atoms with Crippen molar-refractivity contribution in [2.75, 3.05) is 13.2 Å². The molecule has 1 saturated heterocycles. The van der Waals surface area contributed by atoms with Gasteiger partial charge in [-0.25, -0.2) is 22.7 Å². The maximum Gasteiger partial charge on any atom is 0.347 e. The SMILES string of the molecule is N#CCCNS(=O)(=O)c1ccc(C(=O)O[C@H]2CCOC2=O)cc1. The Labute approximate surface area is 133 Å². The highest BCUT2D eigenvalue weighted by Gasteiger charge is 2.30. The highest BCUT2D eigenvalue weighted by Crippen LogP contribution is 2.15. The summed E-state index contributed by atoms with van der Waals surface area (Å²) in [7, 11) is -3.73. The Bertz CT molecular complexity index is 736. The molecule has 0 bridgehead atoms. The first-order valence-electron chi connectivity index (χ1n) is 6.78. The van der Waals surface area contributed by atoms with E-state index in [1.807, 2.05) is 6.07 Å². The van der Waals surface area contributed by atoms with Gasteiger partial charge in [-0.1, -0.05) is 0 Å². The smallest absolute Gasteiger partial charge is 0.347 e. The number of ether oxygens (including phenoxy) is 2. The second-order valence-electron chi connectivity index (χ2n) is 4.68. The molecule has 9 heteroatoms. The van der Waals surface area contributed by atoms with Gasteiger partial charge in [0, 0.05) is 19.4 Å². The molecule has 0 radical (unpaired) electrons. The molecule has 0 unspecified atom stereocenters. The van der Waals surface area contributed by atoms with Crippen LogP contribution in [0.25, 0.3) is 0 Å². The Balaban J connectivity index is 2.02. The van der Waals surface area contributed by atoms with Crippen molar-refractivity contribution >= 4 is 22.0 Å². The van der Waals surface area contributed by atoms with Gasteiger partial charge in [0.1, 0.15) is 0 Å². The van der Waals surface area contributed by atoms with Gasteiger partial charge in [-0.15, -0.1) is 0 Å². The molecule has 23 heavy (non-hydrogen) atoms. The Morgan fingerprint density at radius 3 is 2.65 bits per heavy atom. The molecule has 1 fully saturated rings. The zero-order valence-corrected chi connectivity index (χ0v) is 12.8. The largest absolute Gasteiger partial charge is 0.463 e. The number of hydrogen-bond donors (Lipinski definition) is 1. The molecular weight excluding hydrogens is 324 g/mol. The van der Waals surface area contributed by atoms with Crippen LogP contribution in [-0.2, 0) is 24.3 Å². The van der Waals surface area contributed by atoms with Crippen molar-refractivity contribution in [3.8, 4) is 6.07 Å². The number of nitriles is 1. The molecule has 0 aromatic heterocycles. The minimum atomic E-state index is -3.73. The lowest BCUT2D eigenvalue weighted by Crippen LogP contribution is -2.25. The van der Waals surface area contributed by atoms with Gasteiger partial charge in [0.25, 0.3) is 0 Å². The van der Waals surface area contributed by atoms with E-state index in [2.05, 4.69) is 9.46 Å². The highest BCUT2D eigenvalue weighted by molar-refractivity contribution is 7.89. The molecule has 8 nitrogen and oxygen atoms in total. The van der Waals surface area contributed by atoms with E-state index in [4.69, 9.17) is 10.00 Å². The topological polar surface area (TPSA) is 123 Å². The molecule has 122 valence electrons. The Morgan fingerprint density at radius 2 is 2.09 bits per heavy atom. The van der Waals surface area contributed by atoms with Crippen molar-refractivity contribution in [2.45, 2.75) is 23.8 Å². The highest BCUT2D eigenvalue weighted by atomic mass is 32.2. The van der Waals surface area contributed by atoms with Gasteiger partial charge in [0.2, 0.25) is 16.1 Å². The van der Waals surface area contributed by atoms with E-state index in [-0.39, 0.29) is 30.0 Å². The van der Waals surface area contributed by atoms with Crippen LogP contribution in [0.15, 0.2) is 29.2 Å². The normalized spacial score (nSPS) is 17.3. The molecule has 1 heterocycles. The Hall–Kier alpha value is -2.44. The van der Waals surface area contributed by atoms with Gasteiger partial charge >= 0.3 is 11.9 Å². The van der Waals surface area contributed by atoms with E-state index < -0.39 is 28.1 Å². The van der Waals surface area contributed by atoms with Crippen LogP contribution in [0.5, 0.6) is 0 Å². The summed E-state index contributed by atoms with van der Waals surface area (Å²) in [6.45, 7) is 0.217. The van der Waals surface area contributed by atoms with Gasteiger partial charge in [-0.3, -0.25) is 0 Å². The summed E-state index contributed by atoms with van der Waals surface area (Å²) in [4.78, 5) is 23.1. The Kier molecular flexibility index (Phi) is 5.31. The third-order valence-electron chi connectivity index (χ3n) is 3.07. The summed E-state index contributed by atoms with van der Waals surface area (Å²) in [6.07, 6.45) is -0.556. The number of nitrogens with one attached hydrogen (secondary N) is 1. The van der Waals surface area contributed by atoms with E-state index in [0.29, 0.717) is 6.42 Å². The minimum Gasteiger partial charge on any atom is -0.463 e. The molecule has 1 aliphatic rings. The van der Waals surface area contributed by atoms with Crippen molar-refractivity contribution in [1.29, 1.82) is 5.26 Å². The standard InChI is InChI=1S/C14H14N2O6S/c15-7-1-8-16-23(19,20)11-4-2-10(3-5-11)13(17)22-12-6-9-21-14(12)18/h2-5,12,16H,1,6,8-9H2/t12-/m0/s1. The summed E-state index contributed by atoms with van der Waals surface area (Å²) in [6, 6.07) is 6.91. The van der Waals surface area contributed by atoms with Crippen molar-refractivity contribution in [1.82, 2.24) is 4.72 Å². The fourth-order valence-corrected chi connectivity index (χ4v) is 2.91. The molecule has 1 N–H and O–H groups in total. The number of sulfonamides is 1. The van der Waals surface area contributed by atoms with Crippen molar-refractivity contribution in [3.63, 3.8) is 0 Å². The second kappa shape index (κ2) is 7.21. The summed E-state index contributed by atoms with van der Waals surface area (Å²) < 4.78 is 35.8. The molecule has 2 rings (SSSR count). The predicted octanol–water partition coefficient (Wildman–Crippen LogP) is 0.351. The molecular formula is C14H14N2O6S. The molecule has 0 saturated carbocycles. The lowest BCUT2D eigenvalue weighted by atomic mass is 10.2. The van der Waals surface area contributed by atoms with Crippen LogP contribution in [0.4, 0.5) is 0 Å². The first-order valence-corrected chi connectivity index (χ1v) is 8.26. The second-order valence-corrected chi connectivity index (χ2v) is 6.45. The number of rotatable bonds is 6. The number of esters is 2. The zero-order valence-electron chi connectivity index (χ0n) is 12.0. The fourth-order valence-electron chi connectivity index (χ4n) is 1.88. The molecule has 1 atom stereocenters. The van der Waals surface area contributed by atoms with E-state index in [1.165, 1.54) is 24.3 Å². The number of carbonyl (C=O) groups excluding carboxylic acids is 2. The maximum atomic E-state index is 11.9. The first-order chi connectivity index (χ1) is 10.9. The summed E-state index contributed by atoms with van der Waals surface area (Å²) >= 11 is 0. The number of hydrogen-bond acceptors (Lipinski definition) is 7. The third-order valence-corrected chi connectivity index (χ3v) is 4.54. The van der Waals surface area contributed by atoms with Gasteiger partial charge < -0.3 is 9.47 Å². The molecule has 0 amide bonds. The van der Waals surface area contributed by atoms with Crippen LogP contribution in [0, 0.1) is 11.3 Å². The number of cyclic esters (lactones) is 1. The first kappa shape index (κ1) is 16.9. The van der Waals surface area contributed by atoms with E-state index in [9.17, 15) is 18.0 Å². The quantitative estimate of drug-likeness (QED) is 0.586. The summed E-state index contributed by atoms with van der Waals surface area (Å²) in [5.74, 6) is -1.31. The van der Waals surface area contributed by atoms with Crippen molar-refractivity contribution in [3.05, 3.63) is 29.8 Å². The van der Waals surface area contributed by atoms with E-state index in [1.54, 1.807) is 0 Å². The average molecular weight is 338 g/mol. The predicted molar refractivity (Wildman–Crippen MR) is 76.6 cm³/mol. The number of carbonyl (C=O) groups is 2. The lowest BCUT2D eigenvalue weighted by molar-refractivity contribution is -0.145. The van der Waals surface area contributed by atoms with Gasteiger partial charge in [-0.2, -0.15) is 5.26 Å².